The number of amides is 1. The third kappa shape index (κ3) is 6.91. The van der Waals surface area contributed by atoms with Gasteiger partial charge in [-0.25, -0.2) is 0 Å². The fraction of sp³-hybridized carbons (Fsp3) is 0.550. The number of allylic oxidation sites excluding steroid dienone is 1. The van der Waals surface area contributed by atoms with E-state index in [4.69, 9.17) is 4.43 Å². The van der Waals surface area contributed by atoms with Crippen molar-refractivity contribution in [1.82, 2.24) is 4.90 Å². The first-order chi connectivity index (χ1) is 11.1. The van der Waals surface area contributed by atoms with E-state index >= 15 is 0 Å². The molecule has 0 spiro atoms. The minimum absolute atomic E-state index is 0.125. The molecule has 0 heterocycles. The number of carbonyl (C=O) groups excluding carboxylic acids is 1. The third-order valence-corrected chi connectivity index (χ3v) is 9.06. The summed E-state index contributed by atoms with van der Waals surface area (Å²) in [7, 11) is -1.71. The Balaban J connectivity index is 2.39. The van der Waals surface area contributed by atoms with E-state index in [0.29, 0.717) is 6.54 Å². The van der Waals surface area contributed by atoms with Gasteiger partial charge >= 0.3 is 0 Å². The predicted molar refractivity (Wildman–Crippen MR) is 104 cm³/mol. The van der Waals surface area contributed by atoms with E-state index in [2.05, 4.69) is 52.1 Å². The molecule has 134 valence electrons. The quantitative estimate of drug-likeness (QED) is 0.360. The van der Waals surface area contributed by atoms with Gasteiger partial charge in [0.05, 0.1) is 6.26 Å². The lowest BCUT2D eigenvalue weighted by atomic mass is 10.2. The number of carbonyl (C=O) groups is 1. The van der Waals surface area contributed by atoms with Crippen molar-refractivity contribution in [3.63, 3.8) is 0 Å². The van der Waals surface area contributed by atoms with Crippen LogP contribution >= 0.6 is 0 Å². The highest BCUT2D eigenvalue weighted by Crippen LogP contribution is 2.36. The maximum Gasteiger partial charge on any atom is 0.249 e. The highest BCUT2D eigenvalue weighted by molar-refractivity contribution is 6.74. The Morgan fingerprint density at radius 3 is 2.38 bits per heavy atom. The monoisotopic (exact) mass is 347 g/mol. The zero-order valence-corrected chi connectivity index (χ0v) is 17.1. The van der Waals surface area contributed by atoms with E-state index in [-0.39, 0.29) is 10.9 Å². The zero-order chi connectivity index (χ0) is 18.2. The summed E-state index contributed by atoms with van der Waals surface area (Å²) in [4.78, 5) is 13.7. The van der Waals surface area contributed by atoms with Crippen LogP contribution in [0.15, 0.2) is 42.7 Å². The molecule has 0 aliphatic rings. The SMILES string of the molecule is CC(=O)N(CCC/C=C\O[Si](C)(C)C(C)(C)C)Cc1ccccc1. The van der Waals surface area contributed by atoms with Gasteiger partial charge < -0.3 is 9.33 Å². The molecule has 1 aromatic carbocycles. The summed E-state index contributed by atoms with van der Waals surface area (Å²) in [5.41, 5.74) is 1.17. The van der Waals surface area contributed by atoms with Crippen molar-refractivity contribution in [1.29, 1.82) is 0 Å². The summed E-state index contributed by atoms with van der Waals surface area (Å²) in [6, 6.07) is 10.1. The Morgan fingerprint density at radius 1 is 1.21 bits per heavy atom. The minimum Gasteiger partial charge on any atom is -0.549 e. The Labute approximate surface area is 148 Å². The van der Waals surface area contributed by atoms with E-state index in [0.717, 1.165) is 19.4 Å². The number of benzene rings is 1. The van der Waals surface area contributed by atoms with Crippen molar-refractivity contribution < 1.29 is 9.22 Å². The number of hydrogen-bond acceptors (Lipinski definition) is 2. The lowest BCUT2D eigenvalue weighted by molar-refractivity contribution is -0.129. The molecular weight excluding hydrogens is 314 g/mol. The summed E-state index contributed by atoms with van der Waals surface area (Å²) in [6.45, 7) is 14.3. The number of hydrogen-bond donors (Lipinski definition) is 0. The highest BCUT2D eigenvalue weighted by Gasteiger charge is 2.37. The molecule has 0 fully saturated rings. The molecule has 4 heteroatoms. The molecule has 0 N–H and O–H groups in total. The fourth-order valence-electron chi connectivity index (χ4n) is 2.01. The fourth-order valence-corrected chi connectivity index (χ4v) is 2.80. The van der Waals surface area contributed by atoms with Crippen LogP contribution in [0.5, 0.6) is 0 Å². The van der Waals surface area contributed by atoms with Crippen molar-refractivity contribution in [2.24, 2.45) is 0 Å². The van der Waals surface area contributed by atoms with E-state index in [9.17, 15) is 4.79 Å². The predicted octanol–water partition coefficient (Wildman–Crippen LogP) is 5.35. The molecule has 1 rings (SSSR count). The van der Waals surface area contributed by atoms with Gasteiger partial charge in [-0.1, -0.05) is 57.2 Å². The second kappa shape index (κ2) is 9.07. The first kappa shape index (κ1) is 20.5. The maximum atomic E-state index is 11.8. The zero-order valence-electron chi connectivity index (χ0n) is 16.1. The van der Waals surface area contributed by atoms with Crippen molar-refractivity contribution in [2.45, 2.75) is 65.2 Å². The van der Waals surface area contributed by atoms with Crippen LogP contribution in [-0.2, 0) is 15.8 Å². The Hall–Kier alpha value is -1.55. The maximum absolute atomic E-state index is 11.8. The molecule has 0 atom stereocenters. The highest BCUT2D eigenvalue weighted by atomic mass is 28.4. The Morgan fingerprint density at radius 2 is 1.83 bits per heavy atom. The molecule has 0 radical (unpaired) electrons. The molecule has 1 amide bonds. The lowest BCUT2D eigenvalue weighted by Gasteiger charge is -2.35. The topological polar surface area (TPSA) is 29.5 Å². The van der Waals surface area contributed by atoms with Gasteiger partial charge in [0, 0.05) is 20.0 Å². The molecular formula is C20H33NO2Si. The van der Waals surface area contributed by atoms with E-state index in [1.807, 2.05) is 29.4 Å². The van der Waals surface area contributed by atoms with Gasteiger partial charge in [0.15, 0.2) is 0 Å². The smallest absolute Gasteiger partial charge is 0.249 e. The first-order valence-corrected chi connectivity index (χ1v) is 11.7. The van der Waals surface area contributed by atoms with Gasteiger partial charge in [-0.05, 0) is 36.5 Å². The van der Waals surface area contributed by atoms with Crippen LogP contribution in [0.25, 0.3) is 0 Å². The summed E-state index contributed by atoms with van der Waals surface area (Å²) < 4.78 is 6.02. The number of nitrogens with zero attached hydrogens (tertiary/aromatic N) is 1. The molecule has 0 aliphatic carbocycles. The molecule has 1 aromatic rings. The molecule has 0 aliphatic heterocycles. The average Bonchev–Trinajstić information content (AvgIpc) is 2.49. The van der Waals surface area contributed by atoms with Crippen LogP contribution in [0.3, 0.4) is 0 Å². The van der Waals surface area contributed by atoms with Gasteiger partial charge in [0.2, 0.25) is 14.2 Å². The molecule has 0 saturated carbocycles. The van der Waals surface area contributed by atoms with Crippen molar-refractivity contribution >= 4 is 14.2 Å². The van der Waals surface area contributed by atoms with Crippen LogP contribution in [0.4, 0.5) is 0 Å². The second-order valence-electron chi connectivity index (χ2n) is 7.82. The average molecular weight is 348 g/mol. The van der Waals surface area contributed by atoms with Crippen molar-refractivity contribution in [3.8, 4) is 0 Å². The summed E-state index contributed by atoms with van der Waals surface area (Å²) in [6.07, 6.45) is 5.82. The van der Waals surface area contributed by atoms with Gasteiger partial charge in [-0.15, -0.1) is 0 Å². The van der Waals surface area contributed by atoms with Gasteiger partial charge in [-0.3, -0.25) is 4.79 Å². The van der Waals surface area contributed by atoms with Gasteiger partial charge in [0.25, 0.3) is 0 Å². The van der Waals surface area contributed by atoms with Crippen LogP contribution in [0, 0.1) is 0 Å². The third-order valence-electron chi connectivity index (χ3n) is 4.73. The van der Waals surface area contributed by atoms with Crippen molar-refractivity contribution in [2.75, 3.05) is 6.54 Å². The normalized spacial score (nSPS) is 12.4. The largest absolute Gasteiger partial charge is 0.549 e. The van der Waals surface area contributed by atoms with Crippen LogP contribution in [0.2, 0.25) is 18.1 Å². The minimum atomic E-state index is -1.71. The number of rotatable bonds is 8. The summed E-state index contributed by atoms with van der Waals surface area (Å²) >= 11 is 0. The number of unbranched alkanes of at least 4 members (excludes halogenated alkanes) is 1. The molecule has 3 nitrogen and oxygen atoms in total. The summed E-state index contributed by atoms with van der Waals surface area (Å²) in [5.74, 6) is 0.125. The first-order valence-electron chi connectivity index (χ1n) is 8.76. The Bertz CT molecular complexity index is 532. The van der Waals surface area contributed by atoms with Crippen LogP contribution in [-0.4, -0.2) is 25.7 Å². The van der Waals surface area contributed by atoms with Crippen molar-refractivity contribution in [3.05, 3.63) is 48.2 Å². The molecule has 0 unspecified atom stereocenters. The molecule has 0 bridgehead atoms. The standard InChI is InChI=1S/C20H33NO2Si/c1-18(22)21(17-19-13-9-7-10-14-19)15-11-8-12-16-23-24(5,6)20(2,3)4/h7,9-10,12-14,16H,8,11,15,17H2,1-6H3/b16-12-. The second-order valence-corrected chi connectivity index (χ2v) is 12.6. The van der Waals surface area contributed by atoms with Crippen LogP contribution in [0.1, 0.15) is 46.1 Å². The van der Waals surface area contributed by atoms with E-state index in [1.54, 1.807) is 6.92 Å². The Kier molecular flexibility index (Phi) is 7.74. The van der Waals surface area contributed by atoms with Gasteiger partial charge in [-0.2, -0.15) is 0 Å². The van der Waals surface area contributed by atoms with Gasteiger partial charge in [0.1, 0.15) is 0 Å². The summed E-state index contributed by atoms with van der Waals surface area (Å²) in [5, 5.41) is 0.221. The van der Waals surface area contributed by atoms with E-state index < -0.39 is 8.32 Å². The van der Waals surface area contributed by atoms with E-state index in [1.165, 1.54) is 5.56 Å². The van der Waals surface area contributed by atoms with Crippen LogP contribution < -0.4 is 0 Å². The molecule has 24 heavy (non-hydrogen) atoms. The lowest BCUT2D eigenvalue weighted by Crippen LogP contribution is -2.39. The molecule has 0 aromatic heterocycles. The molecule has 0 saturated heterocycles.